The number of nitrogens with zero attached hydrogens (tertiary/aromatic N) is 1. The van der Waals surface area contributed by atoms with Crippen LogP contribution in [0.4, 0.5) is 0 Å². The van der Waals surface area contributed by atoms with Crippen molar-refractivity contribution in [2.45, 2.75) is 0 Å². The van der Waals surface area contributed by atoms with Crippen LogP contribution in [0, 0.1) is 0 Å². The molecular formula is C46H29N. The molecule has 1 heterocycles. The van der Waals surface area contributed by atoms with E-state index in [4.69, 9.17) is 0 Å². The smallest absolute Gasteiger partial charge is 0.0546 e. The minimum absolute atomic E-state index is 1.21. The first-order chi connectivity index (χ1) is 23.3. The second kappa shape index (κ2) is 10.2. The van der Waals surface area contributed by atoms with Gasteiger partial charge >= 0.3 is 0 Å². The molecule has 0 bridgehead atoms. The van der Waals surface area contributed by atoms with Crippen molar-refractivity contribution in [1.82, 2.24) is 4.57 Å². The van der Waals surface area contributed by atoms with Crippen LogP contribution < -0.4 is 0 Å². The summed E-state index contributed by atoms with van der Waals surface area (Å²) in [6.45, 7) is 0. The number of benzene rings is 9. The third-order valence-electron chi connectivity index (χ3n) is 9.94. The lowest BCUT2D eigenvalue weighted by Crippen LogP contribution is -1.96. The maximum Gasteiger partial charge on any atom is 0.0546 e. The molecule has 1 heteroatoms. The number of rotatable bonds is 3. The van der Waals surface area contributed by atoms with Gasteiger partial charge < -0.3 is 4.57 Å². The number of hydrogen-bond donors (Lipinski definition) is 0. The Kier molecular flexibility index (Phi) is 5.64. The zero-order valence-electron chi connectivity index (χ0n) is 25.7. The first-order valence-electron chi connectivity index (χ1n) is 16.3. The fourth-order valence-corrected chi connectivity index (χ4v) is 7.79. The van der Waals surface area contributed by atoms with Gasteiger partial charge in [0.25, 0.3) is 0 Å². The number of fused-ring (bicyclic) bond motifs is 8. The van der Waals surface area contributed by atoms with Crippen molar-refractivity contribution in [2.24, 2.45) is 0 Å². The Hall–Kier alpha value is -6.18. The Labute approximate surface area is 272 Å². The normalized spacial score (nSPS) is 11.8. The predicted molar refractivity (Wildman–Crippen MR) is 202 cm³/mol. The maximum atomic E-state index is 2.46. The quantitative estimate of drug-likeness (QED) is 0.141. The summed E-state index contributed by atoms with van der Waals surface area (Å²) < 4.78 is 2.46. The third-order valence-corrected chi connectivity index (χ3v) is 9.94. The molecule has 9 aromatic carbocycles. The third kappa shape index (κ3) is 3.97. The van der Waals surface area contributed by atoms with E-state index in [0.29, 0.717) is 0 Å². The van der Waals surface area contributed by atoms with Gasteiger partial charge in [-0.1, -0.05) is 146 Å². The van der Waals surface area contributed by atoms with E-state index in [2.05, 4.69) is 180 Å². The van der Waals surface area contributed by atoms with Crippen molar-refractivity contribution in [2.75, 3.05) is 0 Å². The second-order valence-corrected chi connectivity index (χ2v) is 12.5. The SMILES string of the molecule is c1ccc2c(-c3ccc(-c4ccc5c(c4)c4ccccc4n5-c4cc5ccccc5c5ccccc45)cc3)c3ccccc3cc2c1. The molecule has 0 saturated heterocycles. The average Bonchev–Trinajstić information content (AvgIpc) is 3.47. The highest BCUT2D eigenvalue weighted by Crippen LogP contribution is 2.40. The van der Waals surface area contributed by atoms with Crippen molar-refractivity contribution >= 4 is 64.9 Å². The molecule has 0 amide bonds. The van der Waals surface area contributed by atoms with Crippen molar-refractivity contribution < 1.29 is 0 Å². The van der Waals surface area contributed by atoms with Crippen LogP contribution >= 0.6 is 0 Å². The first-order valence-corrected chi connectivity index (χ1v) is 16.3. The monoisotopic (exact) mass is 595 g/mol. The molecule has 0 N–H and O–H groups in total. The molecule has 1 aromatic heterocycles. The van der Waals surface area contributed by atoms with Crippen molar-refractivity contribution in [3.8, 4) is 27.9 Å². The van der Waals surface area contributed by atoms with Gasteiger partial charge in [0.1, 0.15) is 0 Å². The molecule has 0 radical (unpaired) electrons. The van der Waals surface area contributed by atoms with Crippen LogP contribution in [0.1, 0.15) is 0 Å². The van der Waals surface area contributed by atoms with E-state index in [1.807, 2.05) is 0 Å². The number of hydrogen-bond acceptors (Lipinski definition) is 0. The minimum Gasteiger partial charge on any atom is -0.309 e. The molecule has 0 aliphatic rings. The molecule has 0 saturated carbocycles. The minimum atomic E-state index is 1.21. The van der Waals surface area contributed by atoms with E-state index in [-0.39, 0.29) is 0 Å². The molecule has 218 valence electrons. The van der Waals surface area contributed by atoms with E-state index in [0.717, 1.165) is 0 Å². The molecule has 0 atom stereocenters. The van der Waals surface area contributed by atoms with Crippen LogP contribution in [-0.2, 0) is 0 Å². The lowest BCUT2D eigenvalue weighted by molar-refractivity contribution is 1.20. The fourth-order valence-electron chi connectivity index (χ4n) is 7.79. The topological polar surface area (TPSA) is 4.93 Å². The highest BCUT2D eigenvalue weighted by Gasteiger charge is 2.17. The summed E-state index contributed by atoms with van der Waals surface area (Å²) in [5.74, 6) is 0. The number of aromatic nitrogens is 1. The van der Waals surface area contributed by atoms with Crippen molar-refractivity contribution in [1.29, 1.82) is 0 Å². The summed E-state index contributed by atoms with van der Waals surface area (Å²) >= 11 is 0. The van der Waals surface area contributed by atoms with E-state index >= 15 is 0 Å². The molecule has 0 aliphatic carbocycles. The lowest BCUT2D eigenvalue weighted by Gasteiger charge is -2.14. The van der Waals surface area contributed by atoms with E-state index in [9.17, 15) is 0 Å². The molecule has 1 nitrogen and oxygen atoms in total. The fraction of sp³-hybridized carbons (Fsp3) is 0. The van der Waals surface area contributed by atoms with Gasteiger partial charge in [-0.15, -0.1) is 0 Å². The highest BCUT2D eigenvalue weighted by molar-refractivity contribution is 6.16. The molecule has 0 fully saturated rings. The first kappa shape index (κ1) is 26.1. The van der Waals surface area contributed by atoms with Gasteiger partial charge in [0, 0.05) is 16.2 Å². The summed E-state index contributed by atoms with van der Waals surface area (Å²) in [7, 11) is 0. The van der Waals surface area contributed by atoms with E-state index in [1.165, 1.54) is 92.8 Å². The molecule has 10 rings (SSSR count). The summed E-state index contributed by atoms with van der Waals surface area (Å²) in [4.78, 5) is 0. The van der Waals surface area contributed by atoms with Gasteiger partial charge in [-0.2, -0.15) is 0 Å². The van der Waals surface area contributed by atoms with E-state index in [1.54, 1.807) is 0 Å². The second-order valence-electron chi connectivity index (χ2n) is 12.5. The van der Waals surface area contributed by atoms with Gasteiger partial charge in [0.15, 0.2) is 0 Å². The molecule has 0 aliphatic heterocycles. The summed E-state index contributed by atoms with van der Waals surface area (Å²) in [5, 5.41) is 12.7. The highest BCUT2D eigenvalue weighted by atomic mass is 15.0. The van der Waals surface area contributed by atoms with Crippen LogP contribution in [-0.4, -0.2) is 4.57 Å². The van der Waals surface area contributed by atoms with Gasteiger partial charge in [0.05, 0.1) is 16.7 Å². The zero-order valence-corrected chi connectivity index (χ0v) is 25.7. The average molecular weight is 596 g/mol. The van der Waals surface area contributed by atoms with Gasteiger partial charge in [0.2, 0.25) is 0 Å². The molecule has 10 aromatic rings. The van der Waals surface area contributed by atoms with Gasteiger partial charge in [-0.05, 0) is 90.3 Å². The Morgan fingerprint density at radius 1 is 0.277 bits per heavy atom. The van der Waals surface area contributed by atoms with Crippen LogP contribution in [0.2, 0.25) is 0 Å². The maximum absolute atomic E-state index is 2.46. The van der Waals surface area contributed by atoms with Crippen LogP contribution in [0.3, 0.4) is 0 Å². The largest absolute Gasteiger partial charge is 0.309 e. The molecule has 47 heavy (non-hydrogen) atoms. The molecule has 0 spiro atoms. The van der Waals surface area contributed by atoms with Crippen LogP contribution in [0.5, 0.6) is 0 Å². The van der Waals surface area contributed by atoms with Crippen molar-refractivity contribution in [3.05, 3.63) is 176 Å². The number of para-hydroxylation sites is 1. The molecular weight excluding hydrogens is 567 g/mol. The van der Waals surface area contributed by atoms with Crippen LogP contribution in [0.25, 0.3) is 92.8 Å². The van der Waals surface area contributed by atoms with Crippen molar-refractivity contribution in [3.63, 3.8) is 0 Å². The summed E-state index contributed by atoms with van der Waals surface area (Å²) in [5.41, 5.74) is 8.62. The van der Waals surface area contributed by atoms with Crippen LogP contribution in [0.15, 0.2) is 176 Å². The van der Waals surface area contributed by atoms with Gasteiger partial charge in [-0.3, -0.25) is 0 Å². The zero-order chi connectivity index (χ0) is 30.9. The summed E-state index contributed by atoms with van der Waals surface area (Å²) in [6, 6.07) is 64.5. The predicted octanol–water partition coefficient (Wildman–Crippen LogP) is 12.7. The Bertz CT molecular complexity index is 2780. The lowest BCUT2D eigenvalue weighted by atomic mass is 9.91. The standard InChI is InChI=1S/C46H29N/c1-4-14-36-35(13-1)29-45(40-18-8-7-17-39(36)40)47-43-20-10-9-19-41(43)42-28-32(25-26-44(42)47)30-21-23-31(24-22-30)46-37-15-5-2-11-33(37)27-34-12-3-6-16-38(34)46/h1-29H. The Balaban J connectivity index is 1.15. The van der Waals surface area contributed by atoms with E-state index < -0.39 is 0 Å². The Morgan fingerprint density at radius 2 is 0.766 bits per heavy atom. The van der Waals surface area contributed by atoms with Gasteiger partial charge in [-0.25, -0.2) is 0 Å². The summed E-state index contributed by atoms with van der Waals surface area (Å²) in [6.07, 6.45) is 0. The molecule has 0 unspecified atom stereocenters. The Morgan fingerprint density at radius 3 is 1.47 bits per heavy atom.